The first-order valence-corrected chi connectivity index (χ1v) is 7.91. The van der Waals surface area contributed by atoms with E-state index in [0.717, 1.165) is 13.0 Å². The van der Waals surface area contributed by atoms with Crippen molar-refractivity contribution in [3.63, 3.8) is 0 Å². The quantitative estimate of drug-likeness (QED) is 0.505. The van der Waals surface area contributed by atoms with Crippen molar-refractivity contribution in [1.29, 1.82) is 0 Å². The van der Waals surface area contributed by atoms with Gasteiger partial charge in [0.25, 0.3) is 5.56 Å². The summed E-state index contributed by atoms with van der Waals surface area (Å²) < 4.78 is 12.9. The van der Waals surface area contributed by atoms with Gasteiger partial charge in [-0.05, 0) is 6.92 Å². The van der Waals surface area contributed by atoms with Gasteiger partial charge in [0.1, 0.15) is 12.3 Å². The van der Waals surface area contributed by atoms with E-state index in [2.05, 4.69) is 19.1 Å². The van der Waals surface area contributed by atoms with Crippen molar-refractivity contribution in [2.24, 2.45) is 0 Å². The summed E-state index contributed by atoms with van der Waals surface area (Å²) in [5.41, 5.74) is -0.479. The summed E-state index contributed by atoms with van der Waals surface area (Å²) in [7, 11) is 4.16. The summed E-state index contributed by atoms with van der Waals surface area (Å²) >= 11 is 0. The van der Waals surface area contributed by atoms with Gasteiger partial charge in [0, 0.05) is 24.6 Å². The van der Waals surface area contributed by atoms with Crippen LogP contribution < -0.4 is 16.1 Å². The molecule has 0 spiro atoms. The van der Waals surface area contributed by atoms with E-state index >= 15 is 0 Å². The summed E-state index contributed by atoms with van der Waals surface area (Å²) in [4.78, 5) is 27.0. The first kappa shape index (κ1) is 17.9. The van der Waals surface area contributed by atoms with Gasteiger partial charge < -0.3 is 19.5 Å². The normalized spacial score (nSPS) is 24.5. The highest BCUT2D eigenvalue weighted by Gasteiger charge is 2.37. The molecule has 0 radical (unpaired) electrons. The molecule has 0 bridgehead atoms. The lowest BCUT2D eigenvalue weighted by Crippen LogP contribution is -3.05. The van der Waals surface area contributed by atoms with Crippen LogP contribution in [0, 0.1) is 6.92 Å². The molecule has 0 unspecified atom stereocenters. The molecule has 0 amide bonds. The summed E-state index contributed by atoms with van der Waals surface area (Å²) in [6, 6.07) is 0. The first-order valence-electron chi connectivity index (χ1n) is 7.91. The van der Waals surface area contributed by atoms with Gasteiger partial charge in [-0.2, -0.15) is 0 Å². The Labute approximate surface area is 134 Å². The number of nitrogens with one attached hydrogen (secondary N) is 2. The molecule has 2 rings (SSSR count). The third-order valence-corrected chi connectivity index (χ3v) is 3.97. The van der Waals surface area contributed by atoms with Gasteiger partial charge in [-0.3, -0.25) is 14.3 Å². The number of ether oxygens (including phenoxy) is 2. The van der Waals surface area contributed by atoms with Crippen LogP contribution >= 0.6 is 0 Å². The number of rotatable bonds is 7. The zero-order valence-corrected chi connectivity index (χ0v) is 13.9. The molecule has 8 heteroatoms. The number of hydrogen-bond donors (Lipinski definition) is 3. The maximum Gasteiger partial charge on any atom is 0.330 e. The van der Waals surface area contributed by atoms with Crippen molar-refractivity contribution >= 4 is 0 Å². The van der Waals surface area contributed by atoms with Gasteiger partial charge in [0.05, 0.1) is 40.0 Å². The van der Waals surface area contributed by atoms with E-state index in [1.165, 1.54) is 15.7 Å². The summed E-state index contributed by atoms with van der Waals surface area (Å²) in [6.07, 6.45) is 1.59. The Morgan fingerprint density at radius 3 is 2.87 bits per heavy atom. The van der Waals surface area contributed by atoms with Crippen molar-refractivity contribution in [2.75, 3.05) is 33.9 Å². The zero-order valence-electron chi connectivity index (χ0n) is 13.9. The molecule has 130 valence electrons. The maximum absolute atomic E-state index is 11.9. The second-order valence-corrected chi connectivity index (χ2v) is 6.25. The fourth-order valence-electron chi connectivity index (χ4n) is 2.67. The molecule has 0 aromatic carbocycles. The fourth-order valence-corrected chi connectivity index (χ4v) is 2.67. The third kappa shape index (κ3) is 4.51. The largest absolute Gasteiger partial charge is 0.394 e. The molecule has 1 aromatic heterocycles. The van der Waals surface area contributed by atoms with Crippen LogP contribution in [0.3, 0.4) is 0 Å². The van der Waals surface area contributed by atoms with E-state index in [0.29, 0.717) is 18.6 Å². The third-order valence-electron chi connectivity index (χ3n) is 3.97. The molecule has 1 aliphatic rings. The lowest BCUT2D eigenvalue weighted by Gasteiger charge is -2.16. The number of aliphatic hydroxyl groups excluding tert-OH is 1. The van der Waals surface area contributed by atoms with Crippen molar-refractivity contribution in [2.45, 2.75) is 38.2 Å². The molecule has 0 aliphatic carbocycles. The second kappa shape index (κ2) is 7.87. The highest BCUT2D eigenvalue weighted by Crippen LogP contribution is 2.29. The van der Waals surface area contributed by atoms with E-state index in [1.54, 1.807) is 6.92 Å². The van der Waals surface area contributed by atoms with Crippen LogP contribution in [-0.2, 0) is 9.47 Å². The van der Waals surface area contributed by atoms with Crippen LogP contribution in [0.5, 0.6) is 0 Å². The van der Waals surface area contributed by atoms with E-state index < -0.39 is 23.6 Å². The van der Waals surface area contributed by atoms with Crippen LogP contribution in [-0.4, -0.2) is 60.7 Å². The van der Waals surface area contributed by atoms with Crippen LogP contribution in [0.2, 0.25) is 0 Å². The molecule has 1 saturated heterocycles. The molecule has 0 saturated carbocycles. The summed E-state index contributed by atoms with van der Waals surface area (Å²) in [6.45, 7) is 3.04. The molecule has 3 atom stereocenters. The van der Waals surface area contributed by atoms with Gasteiger partial charge in [-0.1, -0.05) is 0 Å². The molecule has 1 fully saturated rings. The van der Waals surface area contributed by atoms with Crippen LogP contribution in [0.4, 0.5) is 0 Å². The van der Waals surface area contributed by atoms with Crippen LogP contribution in [0.15, 0.2) is 15.8 Å². The van der Waals surface area contributed by atoms with Gasteiger partial charge in [0.2, 0.25) is 0 Å². The van der Waals surface area contributed by atoms with Crippen LogP contribution in [0.1, 0.15) is 24.6 Å². The van der Waals surface area contributed by atoms with E-state index in [1.807, 2.05) is 0 Å². The van der Waals surface area contributed by atoms with Gasteiger partial charge in [0.15, 0.2) is 0 Å². The van der Waals surface area contributed by atoms with Crippen molar-refractivity contribution < 1.29 is 19.5 Å². The number of H-pyrrole nitrogens is 1. The van der Waals surface area contributed by atoms with E-state index in [-0.39, 0.29) is 12.7 Å². The highest BCUT2D eigenvalue weighted by atomic mass is 16.6. The smallest absolute Gasteiger partial charge is 0.330 e. The standard InChI is InChI=1S/C15H25N3O5/c1-10-8-18(15(21)16-14(10)20)13-7-11(12(9-19)23-13)22-6-4-5-17(2)3/h8,11-13,19H,4-7,9H2,1-3H3,(H,16,20,21)/p+1/t11-,12+,13+/m0/s1. The number of aromatic amines is 1. The lowest BCUT2D eigenvalue weighted by molar-refractivity contribution is -0.858. The van der Waals surface area contributed by atoms with Gasteiger partial charge in [-0.25, -0.2) is 4.79 Å². The lowest BCUT2D eigenvalue weighted by atomic mass is 10.2. The molecule has 23 heavy (non-hydrogen) atoms. The number of quaternary nitrogens is 1. The Hall–Kier alpha value is -1.48. The van der Waals surface area contributed by atoms with Crippen LogP contribution in [0.25, 0.3) is 0 Å². The van der Waals surface area contributed by atoms with E-state index in [9.17, 15) is 14.7 Å². The summed E-state index contributed by atoms with van der Waals surface area (Å²) in [5.74, 6) is 0. The predicted molar refractivity (Wildman–Crippen MR) is 83.7 cm³/mol. The first-order chi connectivity index (χ1) is 10.9. The monoisotopic (exact) mass is 328 g/mol. The van der Waals surface area contributed by atoms with Gasteiger partial charge in [-0.15, -0.1) is 0 Å². The van der Waals surface area contributed by atoms with Crippen molar-refractivity contribution in [1.82, 2.24) is 9.55 Å². The molecule has 8 nitrogen and oxygen atoms in total. The second-order valence-electron chi connectivity index (χ2n) is 6.25. The topological polar surface area (TPSA) is 98.0 Å². The highest BCUT2D eigenvalue weighted by molar-refractivity contribution is 5.02. The molecule has 2 heterocycles. The molecule has 3 N–H and O–H groups in total. The average molecular weight is 328 g/mol. The Kier molecular flexibility index (Phi) is 6.11. The minimum Gasteiger partial charge on any atom is -0.394 e. The number of aromatic nitrogens is 2. The average Bonchev–Trinajstić information content (AvgIpc) is 2.90. The minimum absolute atomic E-state index is 0.169. The maximum atomic E-state index is 11.9. The Bertz CT molecular complexity index is 624. The van der Waals surface area contributed by atoms with E-state index in [4.69, 9.17) is 9.47 Å². The Morgan fingerprint density at radius 1 is 1.48 bits per heavy atom. The number of aliphatic hydroxyl groups is 1. The fraction of sp³-hybridized carbons (Fsp3) is 0.733. The molecular weight excluding hydrogens is 302 g/mol. The van der Waals surface area contributed by atoms with Gasteiger partial charge >= 0.3 is 5.69 Å². The number of aryl methyl sites for hydroxylation is 1. The van der Waals surface area contributed by atoms with Crippen molar-refractivity contribution in [3.8, 4) is 0 Å². The predicted octanol–water partition coefficient (Wildman–Crippen LogP) is -1.96. The minimum atomic E-state index is -0.542. The SMILES string of the molecule is Cc1cn([C@H]2C[C@H](OCCC[NH+](C)C)[C@@H](CO)O2)c(=O)[nH]c1=O. The zero-order chi connectivity index (χ0) is 17.0. The molecule has 1 aliphatic heterocycles. The number of nitrogens with zero attached hydrogens (tertiary/aromatic N) is 1. The van der Waals surface area contributed by atoms with Crippen molar-refractivity contribution in [3.05, 3.63) is 32.6 Å². The summed E-state index contributed by atoms with van der Waals surface area (Å²) in [5, 5.41) is 9.46. The number of hydrogen-bond acceptors (Lipinski definition) is 5. The Morgan fingerprint density at radius 2 is 2.22 bits per heavy atom. The Balaban J connectivity index is 2.02. The molecule has 1 aromatic rings. The molecular formula is C15H26N3O5+.